The summed E-state index contributed by atoms with van der Waals surface area (Å²) in [6.45, 7) is -1.54. The zero-order chi connectivity index (χ0) is 17.7. The second kappa shape index (κ2) is 8.82. The summed E-state index contributed by atoms with van der Waals surface area (Å²) in [5, 5.41) is 37.2. The van der Waals surface area contributed by atoms with Crippen LogP contribution in [-0.4, -0.2) is 73.6 Å². The Bertz CT molecular complexity index is 400. The van der Waals surface area contributed by atoms with Crippen molar-refractivity contribution in [1.29, 1.82) is 0 Å². The Labute approximate surface area is 134 Å². The van der Waals surface area contributed by atoms with Gasteiger partial charge in [0.2, 0.25) is 5.79 Å². The smallest absolute Gasteiger partial charge is 0.388 e. The van der Waals surface area contributed by atoms with Crippen LogP contribution in [0.1, 0.15) is 32.1 Å². The van der Waals surface area contributed by atoms with E-state index in [2.05, 4.69) is 9.26 Å². The molecule has 8 N–H and O–H groups in total. The van der Waals surface area contributed by atoms with Gasteiger partial charge in [0.15, 0.2) is 0 Å². The molecule has 2 fully saturated rings. The van der Waals surface area contributed by atoms with Crippen molar-refractivity contribution in [3.05, 3.63) is 0 Å². The van der Waals surface area contributed by atoms with Crippen LogP contribution in [0.5, 0.6) is 0 Å². The quantitative estimate of drug-likeness (QED) is 0.283. The lowest BCUT2D eigenvalue weighted by Gasteiger charge is -2.41. The molecule has 138 valence electrons. The fourth-order valence-electron chi connectivity index (χ4n) is 2.33. The molecule has 1 aliphatic heterocycles. The van der Waals surface area contributed by atoms with E-state index in [-0.39, 0.29) is 0 Å². The minimum Gasteiger partial charge on any atom is -0.388 e. The maximum atomic E-state index is 10.4. The molecule has 2 aliphatic rings. The molecule has 0 bridgehead atoms. The Morgan fingerprint density at radius 2 is 1.74 bits per heavy atom. The van der Waals surface area contributed by atoms with Gasteiger partial charge in [-0.15, -0.1) is 0 Å². The van der Waals surface area contributed by atoms with Gasteiger partial charge in [0.05, 0.1) is 6.61 Å². The van der Waals surface area contributed by atoms with Gasteiger partial charge in [-0.05, 0) is 12.8 Å². The van der Waals surface area contributed by atoms with Crippen LogP contribution in [0.25, 0.3) is 0 Å². The molecular formula is C12H26NO9P. The van der Waals surface area contributed by atoms with Crippen LogP contribution < -0.4 is 5.73 Å². The Balaban J connectivity index is 0.000000313. The van der Waals surface area contributed by atoms with Gasteiger partial charge in [-0.3, -0.25) is 4.52 Å². The SMILES string of the molecule is NC1CCCCC1.O=P(O)(O)OCC1(O)OCC(O)C(O)C1O. The molecule has 1 heterocycles. The number of hydrogen-bond donors (Lipinski definition) is 7. The number of ether oxygens (including phenoxy) is 1. The van der Waals surface area contributed by atoms with E-state index in [1.807, 2.05) is 0 Å². The molecule has 0 aromatic rings. The molecule has 0 aromatic heterocycles. The monoisotopic (exact) mass is 359 g/mol. The van der Waals surface area contributed by atoms with Crippen molar-refractivity contribution in [2.75, 3.05) is 13.2 Å². The summed E-state index contributed by atoms with van der Waals surface area (Å²) in [6.07, 6.45) is 1.63. The van der Waals surface area contributed by atoms with Crippen LogP contribution in [0.15, 0.2) is 0 Å². The fraction of sp³-hybridized carbons (Fsp3) is 1.00. The normalized spacial score (nSPS) is 36.2. The maximum Gasteiger partial charge on any atom is 0.469 e. The van der Waals surface area contributed by atoms with Gasteiger partial charge in [-0.2, -0.15) is 0 Å². The zero-order valence-corrected chi connectivity index (χ0v) is 13.6. The number of phosphoric ester groups is 1. The summed E-state index contributed by atoms with van der Waals surface area (Å²) in [6, 6.07) is 0.536. The molecule has 10 nitrogen and oxygen atoms in total. The minimum atomic E-state index is -4.83. The summed E-state index contributed by atoms with van der Waals surface area (Å²) in [5.74, 6) is -2.47. The second-order valence-electron chi connectivity index (χ2n) is 5.82. The number of rotatable bonds is 3. The van der Waals surface area contributed by atoms with Crippen molar-refractivity contribution < 1.29 is 44.0 Å². The molecule has 4 unspecified atom stereocenters. The molecular weight excluding hydrogens is 333 g/mol. The number of aliphatic hydroxyl groups excluding tert-OH is 3. The highest BCUT2D eigenvalue weighted by Crippen LogP contribution is 2.38. The van der Waals surface area contributed by atoms with Crippen LogP contribution in [0.4, 0.5) is 0 Å². The van der Waals surface area contributed by atoms with Crippen molar-refractivity contribution >= 4 is 7.82 Å². The molecule has 1 saturated heterocycles. The predicted molar refractivity (Wildman–Crippen MR) is 78.0 cm³/mol. The van der Waals surface area contributed by atoms with Crippen LogP contribution in [-0.2, 0) is 13.8 Å². The van der Waals surface area contributed by atoms with E-state index >= 15 is 0 Å². The zero-order valence-electron chi connectivity index (χ0n) is 12.7. The number of nitrogens with two attached hydrogens (primary N) is 1. The van der Waals surface area contributed by atoms with Crippen molar-refractivity contribution in [2.45, 2.75) is 62.2 Å². The molecule has 0 radical (unpaired) electrons. The van der Waals surface area contributed by atoms with Gasteiger partial charge >= 0.3 is 7.82 Å². The lowest BCUT2D eigenvalue weighted by molar-refractivity contribution is -0.329. The summed E-state index contributed by atoms with van der Waals surface area (Å²) in [5.41, 5.74) is 5.63. The number of hydrogen-bond acceptors (Lipinski definition) is 8. The van der Waals surface area contributed by atoms with Crippen LogP contribution in [0.2, 0.25) is 0 Å². The Hall–Kier alpha value is -0.130. The molecule has 11 heteroatoms. The second-order valence-corrected chi connectivity index (χ2v) is 7.06. The topological polar surface area (TPSA) is 183 Å². The van der Waals surface area contributed by atoms with E-state index < -0.39 is 45.1 Å². The van der Waals surface area contributed by atoms with Gasteiger partial charge in [-0.25, -0.2) is 4.57 Å². The Morgan fingerprint density at radius 3 is 2.17 bits per heavy atom. The van der Waals surface area contributed by atoms with Crippen LogP contribution in [0.3, 0.4) is 0 Å². The van der Waals surface area contributed by atoms with Crippen molar-refractivity contribution in [2.24, 2.45) is 5.73 Å². The maximum absolute atomic E-state index is 10.4. The lowest BCUT2D eigenvalue weighted by Crippen LogP contribution is -2.62. The first-order valence-corrected chi connectivity index (χ1v) is 8.94. The van der Waals surface area contributed by atoms with Gasteiger partial charge in [0.25, 0.3) is 0 Å². The van der Waals surface area contributed by atoms with Crippen molar-refractivity contribution in [3.63, 3.8) is 0 Å². The van der Waals surface area contributed by atoms with E-state index in [0.29, 0.717) is 6.04 Å². The number of phosphoric acid groups is 1. The summed E-state index contributed by atoms with van der Waals surface area (Å²) in [7, 11) is -4.83. The fourth-order valence-corrected chi connectivity index (χ4v) is 2.68. The minimum absolute atomic E-state index is 0.501. The first kappa shape index (κ1) is 20.9. The highest BCUT2D eigenvalue weighted by atomic mass is 31.2. The van der Waals surface area contributed by atoms with Gasteiger partial charge in [-0.1, -0.05) is 19.3 Å². The Morgan fingerprint density at radius 1 is 1.17 bits per heavy atom. The molecule has 0 spiro atoms. The third-order valence-electron chi connectivity index (χ3n) is 3.77. The molecule has 0 amide bonds. The first-order valence-electron chi connectivity index (χ1n) is 7.41. The lowest BCUT2D eigenvalue weighted by atomic mass is 9.97. The average Bonchev–Trinajstić information content (AvgIpc) is 2.48. The van der Waals surface area contributed by atoms with Gasteiger partial charge in [0.1, 0.15) is 24.9 Å². The third kappa shape index (κ3) is 7.10. The van der Waals surface area contributed by atoms with E-state index in [4.69, 9.17) is 20.6 Å². The molecule has 2 rings (SSSR count). The highest BCUT2D eigenvalue weighted by molar-refractivity contribution is 7.46. The van der Waals surface area contributed by atoms with E-state index in [1.54, 1.807) is 0 Å². The highest BCUT2D eigenvalue weighted by Gasteiger charge is 2.49. The third-order valence-corrected chi connectivity index (χ3v) is 4.24. The summed E-state index contributed by atoms with van der Waals surface area (Å²) >= 11 is 0. The molecule has 4 atom stereocenters. The average molecular weight is 359 g/mol. The summed E-state index contributed by atoms with van der Waals surface area (Å²) < 4.78 is 18.9. The van der Waals surface area contributed by atoms with E-state index in [1.165, 1.54) is 32.1 Å². The van der Waals surface area contributed by atoms with Crippen LogP contribution in [0, 0.1) is 0 Å². The van der Waals surface area contributed by atoms with Crippen molar-refractivity contribution in [3.8, 4) is 0 Å². The van der Waals surface area contributed by atoms with Crippen molar-refractivity contribution in [1.82, 2.24) is 0 Å². The molecule has 23 heavy (non-hydrogen) atoms. The largest absolute Gasteiger partial charge is 0.469 e. The van der Waals surface area contributed by atoms with Gasteiger partial charge in [0, 0.05) is 6.04 Å². The summed E-state index contributed by atoms with van der Waals surface area (Å²) in [4.78, 5) is 16.8. The van der Waals surface area contributed by atoms with Crippen LogP contribution >= 0.6 is 7.82 Å². The van der Waals surface area contributed by atoms with E-state index in [9.17, 15) is 19.9 Å². The number of aliphatic hydroxyl groups is 4. The molecule has 1 aliphatic carbocycles. The molecule has 0 aromatic carbocycles. The first-order chi connectivity index (χ1) is 10.6. The predicted octanol–water partition coefficient (Wildman–Crippen LogP) is -1.82. The standard InChI is InChI=1S/C6H13N.C6H13O9P/c7-6-4-2-1-3-5-6;7-3-1-14-6(10,5(9)4(3)8)2-15-16(11,12)13/h6H,1-5,7H2;3-5,7-10H,1-2H2,(H2,11,12,13). The van der Waals surface area contributed by atoms with Gasteiger partial charge < -0.3 is 40.7 Å². The van der Waals surface area contributed by atoms with E-state index in [0.717, 1.165) is 0 Å². The molecule has 1 saturated carbocycles. The Kier molecular flexibility index (Phi) is 8.02.